The van der Waals surface area contributed by atoms with Crippen molar-refractivity contribution in [3.63, 3.8) is 0 Å². The number of hydrogen-bond acceptors (Lipinski definition) is 5. The van der Waals surface area contributed by atoms with Gasteiger partial charge < -0.3 is 20.4 Å². The number of carbonyl (C=O) groups is 1. The highest BCUT2D eigenvalue weighted by Gasteiger charge is 2.25. The van der Waals surface area contributed by atoms with Gasteiger partial charge in [0.05, 0.1) is 0 Å². The molecule has 0 saturated heterocycles. The van der Waals surface area contributed by atoms with Gasteiger partial charge in [-0.25, -0.2) is 0 Å². The summed E-state index contributed by atoms with van der Waals surface area (Å²) in [5.41, 5.74) is 0.311. The van der Waals surface area contributed by atoms with Gasteiger partial charge in [0.2, 0.25) is 0 Å². The molecule has 20 heavy (non-hydrogen) atoms. The molecule has 7 heteroatoms. The van der Waals surface area contributed by atoms with Crippen LogP contribution in [-0.4, -0.2) is 32.3 Å². The molecule has 0 saturated carbocycles. The van der Waals surface area contributed by atoms with Crippen LogP contribution in [0.4, 0.5) is 0 Å². The van der Waals surface area contributed by atoms with Crippen LogP contribution < -0.4 is 0 Å². The maximum atomic E-state index is 12.4. The van der Waals surface area contributed by atoms with Crippen molar-refractivity contribution in [3.8, 4) is 11.5 Å². The first-order valence-corrected chi connectivity index (χ1v) is 7.13. The van der Waals surface area contributed by atoms with Gasteiger partial charge in [-0.3, -0.25) is 4.79 Å². The minimum Gasteiger partial charge on any atom is -0.510 e. The first-order valence-electron chi connectivity index (χ1n) is 5.54. The van der Waals surface area contributed by atoms with Gasteiger partial charge >= 0.3 is 0 Å². The topological polar surface area (TPSA) is 98.0 Å². The van der Waals surface area contributed by atoms with Crippen LogP contribution >= 0.6 is 31.9 Å². The molecule has 0 aromatic heterocycles. The third-order valence-corrected chi connectivity index (χ3v) is 4.26. The fourth-order valence-electron chi connectivity index (χ4n) is 1.77. The van der Waals surface area contributed by atoms with Crippen LogP contribution in [0.2, 0.25) is 0 Å². The van der Waals surface area contributed by atoms with Crippen molar-refractivity contribution in [3.05, 3.63) is 44.1 Å². The number of aliphatic hydroxyl groups excluding tert-OH is 2. The van der Waals surface area contributed by atoms with Gasteiger partial charge in [0.25, 0.3) is 0 Å². The van der Waals surface area contributed by atoms with Crippen molar-refractivity contribution >= 4 is 37.6 Å². The Bertz CT molecular complexity index is 648. The molecule has 4 N–H and O–H groups in total. The largest absolute Gasteiger partial charge is 0.510 e. The lowest BCUT2D eigenvalue weighted by atomic mass is 9.96. The lowest BCUT2D eigenvalue weighted by molar-refractivity contribution is 0.103. The van der Waals surface area contributed by atoms with E-state index in [2.05, 4.69) is 31.9 Å². The molecule has 1 aromatic carbocycles. The van der Waals surface area contributed by atoms with Gasteiger partial charge in [-0.05, 0) is 34.1 Å². The predicted molar refractivity (Wildman–Crippen MR) is 79.1 cm³/mol. The minimum atomic E-state index is -1.04. The molecule has 1 aromatic rings. The van der Waals surface area contributed by atoms with E-state index >= 15 is 0 Å². The fraction of sp³-hybridized carbons (Fsp3) is 0.154. The van der Waals surface area contributed by atoms with Crippen molar-refractivity contribution < 1.29 is 25.2 Å². The van der Waals surface area contributed by atoms with Gasteiger partial charge in [-0.2, -0.15) is 0 Å². The molecule has 1 atom stereocenters. The van der Waals surface area contributed by atoms with Crippen molar-refractivity contribution in [2.45, 2.75) is 12.5 Å². The molecule has 1 aliphatic carbocycles. The second kappa shape index (κ2) is 5.59. The molecular weight excluding hydrogens is 396 g/mol. The lowest BCUT2D eigenvalue weighted by Gasteiger charge is -2.18. The predicted octanol–water partition coefficient (Wildman–Crippen LogP) is 2.90. The average Bonchev–Trinajstić information content (AvgIpc) is 2.37. The highest BCUT2D eigenvalue weighted by Crippen LogP contribution is 2.35. The number of benzene rings is 1. The molecule has 2 rings (SSSR count). The van der Waals surface area contributed by atoms with Gasteiger partial charge in [0.1, 0.15) is 11.9 Å². The van der Waals surface area contributed by atoms with Crippen LogP contribution in [0.15, 0.2) is 38.5 Å². The second-order valence-corrected chi connectivity index (χ2v) is 6.07. The minimum absolute atomic E-state index is 0.0884. The summed E-state index contributed by atoms with van der Waals surface area (Å²) in [6.45, 7) is 0. The van der Waals surface area contributed by atoms with Crippen molar-refractivity contribution in [2.75, 3.05) is 0 Å². The van der Waals surface area contributed by atoms with Crippen LogP contribution in [-0.2, 0) is 0 Å². The van der Waals surface area contributed by atoms with E-state index in [0.29, 0.717) is 8.96 Å². The third-order valence-electron chi connectivity index (χ3n) is 2.85. The van der Waals surface area contributed by atoms with Crippen molar-refractivity contribution in [1.82, 2.24) is 0 Å². The highest BCUT2D eigenvalue weighted by atomic mass is 79.9. The molecule has 1 unspecified atom stereocenters. The number of phenols is 2. The summed E-state index contributed by atoms with van der Waals surface area (Å²) in [6.07, 6.45) is 0.222. The van der Waals surface area contributed by atoms with E-state index in [-0.39, 0.29) is 29.1 Å². The molecule has 1 aliphatic rings. The SMILES string of the molecule is O=C(C1=C(Br)CC(O)C(O)=C1)c1cc(O)c(O)cc1Br. The smallest absolute Gasteiger partial charge is 0.195 e. The summed E-state index contributed by atoms with van der Waals surface area (Å²) < 4.78 is 0.761. The van der Waals surface area contributed by atoms with Crippen molar-refractivity contribution in [2.24, 2.45) is 0 Å². The Balaban J connectivity index is 2.48. The van der Waals surface area contributed by atoms with Crippen LogP contribution in [0.25, 0.3) is 0 Å². The van der Waals surface area contributed by atoms with E-state index in [4.69, 9.17) is 0 Å². The van der Waals surface area contributed by atoms with E-state index < -0.39 is 17.6 Å². The Hall–Kier alpha value is -1.31. The summed E-state index contributed by atoms with van der Waals surface area (Å²) in [5, 5.41) is 37.8. The van der Waals surface area contributed by atoms with Crippen molar-refractivity contribution in [1.29, 1.82) is 0 Å². The van der Waals surface area contributed by atoms with E-state index in [1.165, 1.54) is 12.1 Å². The zero-order valence-electron chi connectivity index (χ0n) is 9.97. The van der Waals surface area contributed by atoms with Crippen LogP contribution in [0, 0.1) is 0 Å². The number of ketones is 1. The van der Waals surface area contributed by atoms with Crippen LogP contribution in [0.5, 0.6) is 11.5 Å². The second-order valence-electron chi connectivity index (χ2n) is 4.26. The Morgan fingerprint density at radius 2 is 1.75 bits per heavy atom. The number of phenolic OH excluding ortho intramolecular Hbond substituents is 2. The van der Waals surface area contributed by atoms with Crippen LogP contribution in [0.1, 0.15) is 16.8 Å². The molecule has 0 spiro atoms. The van der Waals surface area contributed by atoms with Gasteiger partial charge in [-0.15, -0.1) is 0 Å². The fourth-order valence-corrected chi connectivity index (χ4v) is 2.88. The van der Waals surface area contributed by atoms with Gasteiger partial charge in [0, 0.05) is 26.5 Å². The summed E-state index contributed by atoms with van der Waals surface area (Å²) in [7, 11) is 0. The number of Topliss-reactive ketones (excluding diaryl/α,β-unsaturated/α-hetero) is 1. The summed E-state index contributed by atoms with van der Waals surface area (Å²) >= 11 is 6.33. The summed E-state index contributed by atoms with van der Waals surface area (Å²) in [5.74, 6) is -1.52. The zero-order chi connectivity index (χ0) is 15.0. The quantitative estimate of drug-likeness (QED) is 0.448. The normalized spacial score (nSPS) is 18.9. The Kier molecular flexibility index (Phi) is 4.22. The first-order chi connectivity index (χ1) is 9.31. The van der Waals surface area contributed by atoms with E-state index in [1.54, 1.807) is 0 Å². The summed E-state index contributed by atoms with van der Waals surface area (Å²) in [6, 6.07) is 2.34. The molecular formula is C13H10Br2O5. The van der Waals surface area contributed by atoms with E-state index in [9.17, 15) is 25.2 Å². The molecule has 0 radical (unpaired) electrons. The molecule has 0 aliphatic heterocycles. The molecule has 106 valence electrons. The van der Waals surface area contributed by atoms with E-state index in [0.717, 1.165) is 6.07 Å². The Morgan fingerprint density at radius 3 is 2.40 bits per heavy atom. The maximum Gasteiger partial charge on any atom is 0.195 e. The molecule has 0 amide bonds. The third kappa shape index (κ3) is 2.74. The molecule has 0 heterocycles. The number of halogens is 2. The number of allylic oxidation sites excluding steroid dienone is 2. The number of hydrogen-bond donors (Lipinski definition) is 4. The average molecular weight is 406 g/mol. The molecule has 5 nitrogen and oxygen atoms in total. The Morgan fingerprint density at radius 1 is 1.15 bits per heavy atom. The number of rotatable bonds is 2. The number of carbonyl (C=O) groups excluding carboxylic acids is 1. The molecule has 0 fully saturated rings. The molecule has 0 bridgehead atoms. The highest BCUT2D eigenvalue weighted by molar-refractivity contribution is 9.11. The summed E-state index contributed by atoms with van der Waals surface area (Å²) in [4.78, 5) is 12.4. The Labute approximate surface area is 131 Å². The number of aliphatic hydroxyl groups is 2. The zero-order valence-corrected chi connectivity index (χ0v) is 13.1. The van der Waals surface area contributed by atoms with Crippen LogP contribution in [0.3, 0.4) is 0 Å². The lowest BCUT2D eigenvalue weighted by Crippen LogP contribution is -2.18. The maximum absolute atomic E-state index is 12.4. The van der Waals surface area contributed by atoms with Gasteiger partial charge in [0.15, 0.2) is 17.3 Å². The monoisotopic (exact) mass is 404 g/mol. The van der Waals surface area contributed by atoms with Gasteiger partial charge in [-0.1, -0.05) is 15.9 Å². The number of aromatic hydroxyl groups is 2. The van der Waals surface area contributed by atoms with E-state index in [1.807, 2.05) is 0 Å². The first kappa shape index (κ1) is 15.1. The standard InChI is InChI=1S/C13H10Br2O5/c14-7-3-11(18)9(16)1-5(7)13(20)6-2-10(17)12(19)4-8(6)15/h1-3,12,16-19H,4H2.